The quantitative estimate of drug-likeness (QED) is 0.671. The average molecular weight is 197 g/mol. The van der Waals surface area contributed by atoms with Crippen LogP contribution >= 0.6 is 0 Å². The highest BCUT2D eigenvalue weighted by Crippen LogP contribution is 2.21. The first-order chi connectivity index (χ1) is 6.63. The van der Waals surface area contributed by atoms with E-state index in [1.807, 2.05) is 4.90 Å². The molecule has 1 fully saturated rings. The molecule has 0 radical (unpaired) electrons. The summed E-state index contributed by atoms with van der Waals surface area (Å²) in [6, 6.07) is 0. The Morgan fingerprint density at radius 1 is 1.57 bits per heavy atom. The largest absolute Gasteiger partial charge is 0.342 e. The molecule has 1 aliphatic rings. The molecule has 0 aromatic carbocycles. The lowest BCUT2D eigenvalue weighted by atomic mass is 10.0. The van der Waals surface area contributed by atoms with Crippen LogP contribution in [0.4, 0.5) is 0 Å². The van der Waals surface area contributed by atoms with E-state index in [4.69, 9.17) is 0 Å². The third-order valence-corrected chi connectivity index (χ3v) is 2.73. The van der Waals surface area contributed by atoms with Crippen LogP contribution < -0.4 is 0 Å². The molecule has 0 aromatic rings. The van der Waals surface area contributed by atoms with Crippen molar-refractivity contribution in [2.75, 3.05) is 13.1 Å². The summed E-state index contributed by atoms with van der Waals surface area (Å²) in [5, 5.41) is 0. The molecule has 80 valence electrons. The minimum absolute atomic E-state index is 0.164. The Hall–Kier alpha value is -0.860. The zero-order valence-electron chi connectivity index (χ0n) is 9.08. The highest BCUT2D eigenvalue weighted by Gasteiger charge is 2.28. The second-order valence-corrected chi connectivity index (χ2v) is 4.15. The number of amides is 1. The molecule has 1 aliphatic heterocycles. The van der Waals surface area contributed by atoms with E-state index in [0.29, 0.717) is 25.3 Å². The Bertz CT molecular complexity index is 225. The van der Waals surface area contributed by atoms with Crippen LogP contribution in [0.3, 0.4) is 0 Å². The number of nitrogens with zero attached hydrogens (tertiary/aromatic N) is 1. The molecule has 1 amide bonds. The first-order valence-electron chi connectivity index (χ1n) is 5.40. The first kappa shape index (κ1) is 11.2. The van der Waals surface area contributed by atoms with E-state index in [0.717, 1.165) is 19.4 Å². The number of rotatable bonds is 5. The number of likely N-dealkylation sites (tertiary alicyclic amines) is 1. The van der Waals surface area contributed by atoms with Gasteiger partial charge in [0.25, 0.3) is 0 Å². The molecule has 0 aromatic heterocycles. The Balaban J connectivity index is 2.33. The van der Waals surface area contributed by atoms with Gasteiger partial charge in [0.05, 0.1) is 0 Å². The lowest BCUT2D eigenvalue weighted by Gasteiger charge is -2.15. The van der Waals surface area contributed by atoms with E-state index in [-0.39, 0.29) is 11.7 Å². The van der Waals surface area contributed by atoms with Crippen LogP contribution in [0, 0.1) is 5.92 Å². The second-order valence-electron chi connectivity index (χ2n) is 4.15. The number of hydrogen-bond acceptors (Lipinski definition) is 2. The van der Waals surface area contributed by atoms with E-state index in [2.05, 4.69) is 6.92 Å². The lowest BCUT2D eigenvalue weighted by molar-refractivity contribution is -0.128. The van der Waals surface area contributed by atoms with Gasteiger partial charge in [0.2, 0.25) is 5.91 Å². The molecule has 1 saturated heterocycles. The van der Waals surface area contributed by atoms with E-state index in [1.54, 1.807) is 6.92 Å². The van der Waals surface area contributed by atoms with Crippen molar-refractivity contribution in [3.8, 4) is 0 Å². The summed E-state index contributed by atoms with van der Waals surface area (Å²) >= 11 is 0. The van der Waals surface area contributed by atoms with Crippen LogP contribution in [0.25, 0.3) is 0 Å². The number of carbonyl (C=O) groups excluding carboxylic acids is 2. The summed E-state index contributed by atoms with van der Waals surface area (Å²) < 4.78 is 0. The van der Waals surface area contributed by atoms with Gasteiger partial charge in [-0.2, -0.15) is 0 Å². The van der Waals surface area contributed by atoms with Gasteiger partial charge in [0, 0.05) is 25.9 Å². The van der Waals surface area contributed by atoms with E-state index in [9.17, 15) is 9.59 Å². The molecular formula is C11H19NO2. The van der Waals surface area contributed by atoms with Gasteiger partial charge in [-0.3, -0.25) is 9.59 Å². The maximum Gasteiger partial charge on any atom is 0.222 e. The third-order valence-electron chi connectivity index (χ3n) is 2.73. The molecule has 1 rings (SSSR count). The smallest absolute Gasteiger partial charge is 0.222 e. The fraction of sp³-hybridized carbons (Fsp3) is 0.818. The predicted molar refractivity (Wildman–Crippen MR) is 54.9 cm³/mol. The van der Waals surface area contributed by atoms with Crippen molar-refractivity contribution in [2.24, 2.45) is 5.92 Å². The van der Waals surface area contributed by atoms with Crippen molar-refractivity contribution in [1.82, 2.24) is 4.90 Å². The highest BCUT2D eigenvalue weighted by atomic mass is 16.2. The van der Waals surface area contributed by atoms with Crippen LogP contribution in [0.15, 0.2) is 0 Å². The summed E-state index contributed by atoms with van der Waals surface area (Å²) in [6.45, 7) is 5.20. The molecule has 0 bridgehead atoms. The minimum Gasteiger partial charge on any atom is -0.342 e. The van der Waals surface area contributed by atoms with E-state index < -0.39 is 0 Å². The molecule has 0 saturated carbocycles. The molecule has 1 atom stereocenters. The topological polar surface area (TPSA) is 37.4 Å². The van der Waals surface area contributed by atoms with E-state index >= 15 is 0 Å². The summed E-state index contributed by atoms with van der Waals surface area (Å²) in [7, 11) is 0. The monoisotopic (exact) mass is 197 g/mol. The molecule has 1 unspecified atom stereocenters. The summed E-state index contributed by atoms with van der Waals surface area (Å²) in [4.78, 5) is 24.1. The molecule has 0 N–H and O–H groups in total. The maximum atomic E-state index is 11.5. The van der Waals surface area contributed by atoms with Crippen molar-refractivity contribution in [2.45, 2.75) is 39.5 Å². The van der Waals surface area contributed by atoms with Gasteiger partial charge in [-0.05, 0) is 19.3 Å². The van der Waals surface area contributed by atoms with Crippen molar-refractivity contribution < 1.29 is 9.59 Å². The first-order valence-corrected chi connectivity index (χ1v) is 5.40. The predicted octanol–water partition coefficient (Wildman–Crippen LogP) is 1.61. The van der Waals surface area contributed by atoms with Gasteiger partial charge < -0.3 is 4.90 Å². The van der Waals surface area contributed by atoms with E-state index in [1.165, 1.54) is 0 Å². The van der Waals surface area contributed by atoms with Gasteiger partial charge in [0.1, 0.15) is 5.78 Å². The number of hydrogen-bond donors (Lipinski definition) is 0. The third kappa shape index (κ3) is 3.13. The Kier molecular flexibility index (Phi) is 4.11. The van der Waals surface area contributed by atoms with Crippen LogP contribution in [0.2, 0.25) is 0 Å². The Morgan fingerprint density at radius 2 is 2.29 bits per heavy atom. The fourth-order valence-electron chi connectivity index (χ4n) is 1.96. The summed E-state index contributed by atoms with van der Waals surface area (Å²) in [5.41, 5.74) is 0. The van der Waals surface area contributed by atoms with Gasteiger partial charge in [-0.1, -0.05) is 13.3 Å². The van der Waals surface area contributed by atoms with Gasteiger partial charge >= 0.3 is 0 Å². The lowest BCUT2D eigenvalue weighted by Crippen LogP contribution is -2.27. The zero-order valence-corrected chi connectivity index (χ0v) is 9.08. The standard InChI is InChI=1S/C11H19NO2/c1-3-4-10-7-11(14)12(8-10)6-5-9(2)13/h10H,3-8H2,1-2H3. The number of ketones is 1. The van der Waals surface area contributed by atoms with Crippen LogP contribution in [-0.2, 0) is 9.59 Å². The van der Waals surface area contributed by atoms with Gasteiger partial charge in [-0.15, -0.1) is 0 Å². The second kappa shape index (κ2) is 5.13. The van der Waals surface area contributed by atoms with Gasteiger partial charge in [-0.25, -0.2) is 0 Å². The Labute approximate surface area is 85.5 Å². The Morgan fingerprint density at radius 3 is 2.86 bits per heavy atom. The molecule has 3 nitrogen and oxygen atoms in total. The van der Waals surface area contributed by atoms with Crippen LogP contribution in [-0.4, -0.2) is 29.7 Å². The molecule has 14 heavy (non-hydrogen) atoms. The van der Waals surface area contributed by atoms with Crippen LogP contribution in [0.1, 0.15) is 39.5 Å². The molecule has 3 heteroatoms. The number of carbonyl (C=O) groups is 2. The van der Waals surface area contributed by atoms with Crippen molar-refractivity contribution in [3.05, 3.63) is 0 Å². The molecule has 0 spiro atoms. The number of Topliss-reactive ketones (excluding diaryl/α,β-unsaturated/α-hetero) is 1. The zero-order chi connectivity index (χ0) is 10.6. The van der Waals surface area contributed by atoms with Crippen molar-refractivity contribution in [3.63, 3.8) is 0 Å². The maximum absolute atomic E-state index is 11.5. The van der Waals surface area contributed by atoms with Crippen molar-refractivity contribution >= 4 is 11.7 Å². The van der Waals surface area contributed by atoms with Gasteiger partial charge in [0.15, 0.2) is 0 Å². The van der Waals surface area contributed by atoms with Crippen LogP contribution in [0.5, 0.6) is 0 Å². The minimum atomic E-state index is 0.164. The molecule has 1 heterocycles. The molecular weight excluding hydrogens is 178 g/mol. The fourth-order valence-corrected chi connectivity index (χ4v) is 1.96. The molecule has 0 aliphatic carbocycles. The van der Waals surface area contributed by atoms with Crippen molar-refractivity contribution in [1.29, 1.82) is 0 Å². The summed E-state index contributed by atoms with van der Waals surface area (Å²) in [5.74, 6) is 0.917. The SMILES string of the molecule is CCCC1CC(=O)N(CCC(C)=O)C1. The average Bonchev–Trinajstić information content (AvgIpc) is 2.44. The summed E-state index contributed by atoms with van der Waals surface area (Å²) in [6.07, 6.45) is 3.46. The highest BCUT2D eigenvalue weighted by molar-refractivity contribution is 5.80. The normalized spacial score (nSPS) is 21.7.